The van der Waals surface area contributed by atoms with E-state index in [1.807, 2.05) is 36.2 Å². The van der Waals surface area contributed by atoms with Gasteiger partial charge in [-0.3, -0.25) is 4.98 Å². The standard InChI is InChI=1S/C13H12N4/c1-17(12-6-11(15)8-16-9-12)13-5-3-2-4-10(13)7-14/h2-6,8-9H,15H2,1H3. The van der Waals surface area contributed by atoms with Crippen LogP contribution in [0.1, 0.15) is 5.56 Å². The van der Waals surface area contributed by atoms with E-state index >= 15 is 0 Å². The molecule has 0 amide bonds. The third-order valence-corrected chi connectivity index (χ3v) is 2.52. The van der Waals surface area contributed by atoms with E-state index in [1.165, 1.54) is 0 Å². The molecule has 0 aliphatic heterocycles. The maximum atomic E-state index is 9.05. The molecule has 0 aliphatic rings. The number of nitrogen functional groups attached to an aromatic ring is 1. The number of hydrogen-bond donors (Lipinski definition) is 1. The van der Waals surface area contributed by atoms with Crippen molar-refractivity contribution in [1.82, 2.24) is 4.98 Å². The topological polar surface area (TPSA) is 65.9 Å². The largest absolute Gasteiger partial charge is 0.397 e. The molecule has 1 heterocycles. The highest BCUT2D eigenvalue weighted by atomic mass is 15.1. The summed E-state index contributed by atoms with van der Waals surface area (Å²) in [5.74, 6) is 0. The molecule has 17 heavy (non-hydrogen) atoms. The van der Waals surface area contributed by atoms with Crippen molar-refractivity contribution in [2.75, 3.05) is 17.7 Å². The third kappa shape index (κ3) is 2.18. The molecule has 0 spiro atoms. The number of aromatic nitrogens is 1. The highest BCUT2D eigenvalue weighted by molar-refractivity contribution is 5.69. The van der Waals surface area contributed by atoms with Gasteiger partial charge in [-0.1, -0.05) is 12.1 Å². The van der Waals surface area contributed by atoms with E-state index in [0.29, 0.717) is 11.3 Å². The minimum atomic E-state index is 0.601. The molecule has 0 bridgehead atoms. The molecule has 4 heteroatoms. The second-order valence-electron chi connectivity index (χ2n) is 3.66. The highest BCUT2D eigenvalue weighted by Crippen LogP contribution is 2.26. The number of hydrogen-bond acceptors (Lipinski definition) is 4. The summed E-state index contributed by atoms with van der Waals surface area (Å²) in [5, 5.41) is 9.05. The molecule has 0 aliphatic carbocycles. The summed E-state index contributed by atoms with van der Waals surface area (Å²) in [6.45, 7) is 0. The van der Waals surface area contributed by atoms with Crippen molar-refractivity contribution < 1.29 is 0 Å². The fraction of sp³-hybridized carbons (Fsp3) is 0.0769. The number of rotatable bonds is 2. The van der Waals surface area contributed by atoms with Gasteiger partial charge in [-0.2, -0.15) is 5.26 Å². The molecular weight excluding hydrogens is 212 g/mol. The first-order valence-electron chi connectivity index (χ1n) is 5.16. The van der Waals surface area contributed by atoms with Crippen LogP contribution in [0.4, 0.5) is 17.1 Å². The smallest absolute Gasteiger partial charge is 0.101 e. The predicted molar refractivity (Wildman–Crippen MR) is 67.9 cm³/mol. The lowest BCUT2D eigenvalue weighted by molar-refractivity contribution is 1.17. The lowest BCUT2D eigenvalue weighted by atomic mass is 10.1. The number of nitriles is 1. The number of para-hydroxylation sites is 1. The van der Waals surface area contributed by atoms with Crippen LogP contribution in [0.15, 0.2) is 42.7 Å². The average molecular weight is 224 g/mol. The van der Waals surface area contributed by atoms with Crippen LogP contribution in [-0.2, 0) is 0 Å². The van der Waals surface area contributed by atoms with Crippen molar-refractivity contribution in [3.63, 3.8) is 0 Å². The van der Waals surface area contributed by atoms with Crippen LogP contribution in [0.25, 0.3) is 0 Å². The van der Waals surface area contributed by atoms with Crippen LogP contribution in [0.3, 0.4) is 0 Å². The average Bonchev–Trinajstić information content (AvgIpc) is 2.38. The number of anilines is 3. The maximum Gasteiger partial charge on any atom is 0.101 e. The summed E-state index contributed by atoms with van der Waals surface area (Å²) >= 11 is 0. The molecule has 1 aromatic carbocycles. The molecule has 0 saturated heterocycles. The van der Waals surface area contributed by atoms with E-state index in [1.54, 1.807) is 18.5 Å². The fourth-order valence-electron chi connectivity index (χ4n) is 1.63. The van der Waals surface area contributed by atoms with Crippen LogP contribution in [-0.4, -0.2) is 12.0 Å². The first-order chi connectivity index (χ1) is 8.22. The summed E-state index contributed by atoms with van der Waals surface area (Å²) in [5.41, 5.74) is 8.60. The monoisotopic (exact) mass is 224 g/mol. The zero-order valence-corrected chi connectivity index (χ0v) is 9.46. The second-order valence-corrected chi connectivity index (χ2v) is 3.66. The van der Waals surface area contributed by atoms with E-state index in [0.717, 1.165) is 11.4 Å². The summed E-state index contributed by atoms with van der Waals surface area (Å²) < 4.78 is 0. The van der Waals surface area contributed by atoms with Gasteiger partial charge in [0.15, 0.2) is 0 Å². The normalized spacial score (nSPS) is 9.65. The van der Waals surface area contributed by atoms with E-state index < -0.39 is 0 Å². The molecule has 84 valence electrons. The van der Waals surface area contributed by atoms with Crippen LogP contribution >= 0.6 is 0 Å². The van der Waals surface area contributed by atoms with Gasteiger partial charge in [0.05, 0.1) is 28.8 Å². The molecule has 1 aromatic heterocycles. The summed E-state index contributed by atoms with van der Waals surface area (Å²) in [7, 11) is 1.88. The number of pyridine rings is 1. The molecule has 2 N–H and O–H groups in total. The SMILES string of the molecule is CN(c1cncc(N)c1)c1ccccc1C#N. The minimum absolute atomic E-state index is 0.601. The van der Waals surface area contributed by atoms with Crippen molar-refractivity contribution in [3.8, 4) is 6.07 Å². The van der Waals surface area contributed by atoms with E-state index in [2.05, 4.69) is 11.1 Å². The Morgan fingerprint density at radius 3 is 2.76 bits per heavy atom. The van der Waals surface area contributed by atoms with Gasteiger partial charge in [0, 0.05) is 13.2 Å². The molecule has 0 atom stereocenters. The van der Waals surface area contributed by atoms with E-state index in [9.17, 15) is 0 Å². The Kier molecular flexibility index (Phi) is 2.93. The molecule has 2 rings (SSSR count). The lowest BCUT2D eigenvalue weighted by Crippen LogP contribution is -2.11. The van der Waals surface area contributed by atoms with Crippen molar-refractivity contribution in [2.24, 2.45) is 0 Å². The Morgan fingerprint density at radius 1 is 1.29 bits per heavy atom. The minimum Gasteiger partial charge on any atom is -0.397 e. The molecule has 0 unspecified atom stereocenters. The highest BCUT2D eigenvalue weighted by Gasteiger charge is 2.08. The number of benzene rings is 1. The van der Waals surface area contributed by atoms with Crippen molar-refractivity contribution in [1.29, 1.82) is 5.26 Å². The second kappa shape index (κ2) is 4.54. The maximum absolute atomic E-state index is 9.05. The molecule has 0 radical (unpaired) electrons. The Hall–Kier alpha value is -2.54. The summed E-state index contributed by atoms with van der Waals surface area (Å²) in [4.78, 5) is 5.93. The van der Waals surface area contributed by atoms with Gasteiger partial charge in [0.1, 0.15) is 6.07 Å². The molecule has 0 fully saturated rings. The first-order valence-corrected chi connectivity index (χ1v) is 5.16. The van der Waals surface area contributed by atoms with Crippen molar-refractivity contribution >= 4 is 17.1 Å². The predicted octanol–water partition coefficient (Wildman–Crippen LogP) is 2.30. The fourth-order valence-corrected chi connectivity index (χ4v) is 1.63. The van der Waals surface area contributed by atoms with Gasteiger partial charge in [-0.25, -0.2) is 0 Å². The molecule has 4 nitrogen and oxygen atoms in total. The third-order valence-electron chi connectivity index (χ3n) is 2.52. The van der Waals surface area contributed by atoms with E-state index in [4.69, 9.17) is 11.0 Å². The summed E-state index contributed by atoms with van der Waals surface area (Å²) in [6, 6.07) is 11.4. The Bertz CT molecular complexity index is 572. The van der Waals surface area contributed by atoms with Gasteiger partial charge >= 0.3 is 0 Å². The zero-order valence-electron chi connectivity index (χ0n) is 9.46. The van der Waals surface area contributed by atoms with Gasteiger partial charge in [0.2, 0.25) is 0 Å². The van der Waals surface area contributed by atoms with E-state index in [-0.39, 0.29) is 0 Å². The zero-order chi connectivity index (χ0) is 12.3. The Morgan fingerprint density at radius 2 is 2.06 bits per heavy atom. The molecule has 0 saturated carbocycles. The summed E-state index contributed by atoms with van der Waals surface area (Å²) in [6.07, 6.45) is 3.30. The van der Waals surface area contributed by atoms with Gasteiger partial charge < -0.3 is 10.6 Å². The van der Waals surface area contributed by atoms with Crippen LogP contribution in [0.5, 0.6) is 0 Å². The van der Waals surface area contributed by atoms with Gasteiger partial charge in [0.25, 0.3) is 0 Å². The van der Waals surface area contributed by atoms with Crippen molar-refractivity contribution in [2.45, 2.75) is 0 Å². The lowest BCUT2D eigenvalue weighted by Gasteiger charge is -2.20. The Balaban J connectivity index is 2.44. The quantitative estimate of drug-likeness (QED) is 0.850. The first kappa shape index (κ1) is 11.0. The van der Waals surface area contributed by atoms with Crippen LogP contribution in [0.2, 0.25) is 0 Å². The number of nitrogens with two attached hydrogens (primary N) is 1. The molecule has 2 aromatic rings. The van der Waals surface area contributed by atoms with Crippen LogP contribution < -0.4 is 10.6 Å². The van der Waals surface area contributed by atoms with Crippen LogP contribution in [0, 0.1) is 11.3 Å². The van der Waals surface area contributed by atoms with Crippen molar-refractivity contribution in [3.05, 3.63) is 48.3 Å². The number of nitrogens with zero attached hydrogens (tertiary/aromatic N) is 3. The molecular formula is C13H12N4. The Labute approximate surface area is 99.9 Å². The van der Waals surface area contributed by atoms with Gasteiger partial charge in [-0.15, -0.1) is 0 Å². The van der Waals surface area contributed by atoms with Gasteiger partial charge in [-0.05, 0) is 18.2 Å².